The van der Waals surface area contributed by atoms with E-state index < -0.39 is 28.5 Å². The van der Waals surface area contributed by atoms with Gasteiger partial charge < -0.3 is 15.0 Å². The number of hydrogen-bond acceptors (Lipinski definition) is 5. The van der Waals surface area contributed by atoms with Crippen LogP contribution < -0.4 is 14.4 Å². The van der Waals surface area contributed by atoms with Gasteiger partial charge in [0.05, 0.1) is 17.7 Å². The van der Waals surface area contributed by atoms with Gasteiger partial charge in [-0.25, -0.2) is 8.42 Å². The standard InChI is InChI=1S/C32H40ClN3O5S/c1-7-24(5)34-32(38)30(8-2)35(20-25-10-9-11-28(19-25)41-6)31(37)21-36(27-15-12-22(3)23(4)18-27)42(39,40)29-16-13-26(33)14-17-29/h9-19,24,30H,7-8,20-21H2,1-6H3,(H,34,38)/t24-,30-/m1/s1. The lowest BCUT2D eigenvalue weighted by Gasteiger charge is -2.34. The number of halogens is 1. The molecule has 2 amide bonds. The first-order valence-corrected chi connectivity index (χ1v) is 15.8. The van der Waals surface area contributed by atoms with Gasteiger partial charge in [-0.15, -0.1) is 0 Å². The van der Waals surface area contributed by atoms with Crippen molar-refractivity contribution in [1.29, 1.82) is 0 Å². The second-order valence-corrected chi connectivity index (χ2v) is 12.6. The second kappa shape index (κ2) is 14.6. The Kier molecular flexibility index (Phi) is 11.4. The van der Waals surface area contributed by atoms with Crippen molar-refractivity contribution in [1.82, 2.24) is 10.2 Å². The Morgan fingerprint density at radius 3 is 2.24 bits per heavy atom. The molecular formula is C32H40ClN3O5S. The molecule has 0 radical (unpaired) electrons. The molecule has 0 saturated heterocycles. The summed E-state index contributed by atoms with van der Waals surface area (Å²) < 4.78 is 34.5. The predicted molar refractivity (Wildman–Crippen MR) is 167 cm³/mol. The molecule has 42 heavy (non-hydrogen) atoms. The molecule has 0 fully saturated rings. The molecule has 226 valence electrons. The SMILES string of the molecule is CC[C@@H](C)NC(=O)[C@@H](CC)N(Cc1cccc(OC)c1)C(=O)CN(c1ccc(C)c(C)c1)S(=O)(=O)c1ccc(Cl)cc1. The normalized spacial score (nSPS) is 12.7. The summed E-state index contributed by atoms with van der Waals surface area (Å²) in [6, 6.07) is 17.4. The average Bonchev–Trinajstić information content (AvgIpc) is 2.97. The highest BCUT2D eigenvalue weighted by Crippen LogP contribution is 2.28. The number of rotatable bonds is 13. The maximum absolute atomic E-state index is 14.2. The van der Waals surface area contributed by atoms with Crippen molar-refractivity contribution in [3.63, 3.8) is 0 Å². The van der Waals surface area contributed by atoms with Crippen molar-refractivity contribution in [3.8, 4) is 5.75 Å². The summed E-state index contributed by atoms with van der Waals surface area (Å²) in [6.07, 6.45) is 1.07. The number of anilines is 1. The molecule has 0 aliphatic heterocycles. The summed E-state index contributed by atoms with van der Waals surface area (Å²) in [5, 5.41) is 3.38. The van der Waals surface area contributed by atoms with Gasteiger partial charge in [0, 0.05) is 17.6 Å². The Morgan fingerprint density at radius 1 is 0.952 bits per heavy atom. The number of amides is 2. The van der Waals surface area contributed by atoms with Crippen LogP contribution in [0.2, 0.25) is 5.02 Å². The van der Waals surface area contributed by atoms with Crippen LogP contribution in [0.5, 0.6) is 5.75 Å². The van der Waals surface area contributed by atoms with Crippen LogP contribution >= 0.6 is 11.6 Å². The Morgan fingerprint density at radius 2 is 1.64 bits per heavy atom. The molecule has 1 N–H and O–H groups in total. The van der Waals surface area contributed by atoms with E-state index in [4.69, 9.17) is 16.3 Å². The third-order valence-corrected chi connectivity index (χ3v) is 9.37. The smallest absolute Gasteiger partial charge is 0.264 e. The fraction of sp³-hybridized carbons (Fsp3) is 0.375. The van der Waals surface area contributed by atoms with E-state index >= 15 is 0 Å². The van der Waals surface area contributed by atoms with E-state index in [2.05, 4.69) is 5.32 Å². The first kappa shape index (κ1) is 32.9. The molecule has 0 aromatic heterocycles. The van der Waals surface area contributed by atoms with Gasteiger partial charge in [-0.3, -0.25) is 13.9 Å². The third kappa shape index (κ3) is 8.04. The molecule has 0 heterocycles. The van der Waals surface area contributed by atoms with Crippen LogP contribution in [0.4, 0.5) is 5.69 Å². The Bertz CT molecular complexity index is 1490. The predicted octanol–water partition coefficient (Wildman–Crippen LogP) is 5.88. The van der Waals surface area contributed by atoms with E-state index in [1.54, 1.807) is 31.4 Å². The lowest BCUT2D eigenvalue weighted by Crippen LogP contribution is -2.53. The number of nitrogens with zero attached hydrogens (tertiary/aromatic N) is 2. The zero-order valence-electron chi connectivity index (χ0n) is 25.1. The van der Waals surface area contributed by atoms with Gasteiger partial charge in [-0.05, 0) is 98.8 Å². The molecule has 0 aliphatic carbocycles. The minimum absolute atomic E-state index is 0.00108. The number of sulfonamides is 1. The van der Waals surface area contributed by atoms with Crippen molar-refractivity contribution in [2.75, 3.05) is 18.0 Å². The van der Waals surface area contributed by atoms with Crippen molar-refractivity contribution in [2.24, 2.45) is 0 Å². The molecule has 0 aliphatic rings. The highest BCUT2D eigenvalue weighted by atomic mass is 35.5. The van der Waals surface area contributed by atoms with Crippen LogP contribution in [0.3, 0.4) is 0 Å². The number of carbonyl (C=O) groups is 2. The first-order valence-electron chi connectivity index (χ1n) is 14.0. The molecule has 8 nitrogen and oxygen atoms in total. The van der Waals surface area contributed by atoms with Crippen LogP contribution in [-0.4, -0.2) is 50.9 Å². The summed E-state index contributed by atoms with van der Waals surface area (Å²) in [5.41, 5.74) is 2.96. The summed E-state index contributed by atoms with van der Waals surface area (Å²) in [7, 11) is -2.63. The van der Waals surface area contributed by atoms with E-state index in [0.717, 1.165) is 27.4 Å². The Labute approximate surface area is 254 Å². The molecule has 3 aromatic carbocycles. The van der Waals surface area contributed by atoms with Crippen molar-refractivity contribution in [2.45, 2.75) is 71.0 Å². The zero-order valence-corrected chi connectivity index (χ0v) is 26.6. The molecule has 2 atom stereocenters. The minimum atomic E-state index is -4.18. The Balaban J connectivity index is 2.09. The fourth-order valence-electron chi connectivity index (χ4n) is 4.47. The topological polar surface area (TPSA) is 96.0 Å². The van der Waals surface area contributed by atoms with Crippen molar-refractivity contribution < 1.29 is 22.7 Å². The van der Waals surface area contributed by atoms with Crippen LogP contribution in [0.15, 0.2) is 71.6 Å². The van der Waals surface area contributed by atoms with Gasteiger partial charge in [0.1, 0.15) is 18.3 Å². The quantitative estimate of drug-likeness (QED) is 0.260. The largest absolute Gasteiger partial charge is 0.497 e. The van der Waals surface area contributed by atoms with Crippen molar-refractivity contribution in [3.05, 3.63) is 88.4 Å². The number of nitrogens with one attached hydrogen (secondary N) is 1. The molecule has 3 aromatic rings. The lowest BCUT2D eigenvalue weighted by atomic mass is 10.1. The summed E-state index contributed by atoms with van der Waals surface area (Å²) in [4.78, 5) is 29.1. The molecular weight excluding hydrogens is 574 g/mol. The molecule has 3 rings (SSSR count). The number of hydrogen-bond donors (Lipinski definition) is 1. The van der Waals surface area contributed by atoms with Crippen LogP contribution in [0.1, 0.15) is 50.3 Å². The van der Waals surface area contributed by atoms with Crippen LogP contribution in [0, 0.1) is 13.8 Å². The van der Waals surface area contributed by atoms with E-state index in [1.807, 2.05) is 52.8 Å². The number of aryl methyl sites for hydroxylation is 2. The first-order chi connectivity index (χ1) is 19.9. The average molecular weight is 614 g/mol. The molecule has 0 spiro atoms. The summed E-state index contributed by atoms with van der Waals surface area (Å²) in [5.74, 6) is -0.194. The maximum atomic E-state index is 14.2. The maximum Gasteiger partial charge on any atom is 0.264 e. The lowest BCUT2D eigenvalue weighted by molar-refractivity contribution is -0.140. The number of ether oxygens (including phenoxy) is 1. The fourth-order valence-corrected chi connectivity index (χ4v) is 6.00. The van der Waals surface area contributed by atoms with Gasteiger partial charge in [-0.1, -0.05) is 43.6 Å². The van der Waals surface area contributed by atoms with Gasteiger partial charge in [0.2, 0.25) is 11.8 Å². The van der Waals surface area contributed by atoms with Gasteiger partial charge in [0.15, 0.2) is 0 Å². The summed E-state index contributed by atoms with van der Waals surface area (Å²) in [6.45, 7) is 9.09. The van der Waals surface area contributed by atoms with E-state index in [9.17, 15) is 18.0 Å². The van der Waals surface area contributed by atoms with Crippen LogP contribution in [0.25, 0.3) is 0 Å². The van der Waals surface area contributed by atoms with Gasteiger partial charge >= 0.3 is 0 Å². The third-order valence-electron chi connectivity index (χ3n) is 7.33. The van der Waals surface area contributed by atoms with Gasteiger partial charge in [0.25, 0.3) is 10.0 Å². The molecule has 0 unspecified atom stereocenters. The Hall–Kier alpha value is -3.56. The van der Waals surface area contributed by atoms with E-state index in [-0.39, 0.29) is 23.4 Å². The molecule has 0 saturated carbocycles. The molecule has 10 heteroatoms. The number of methoxy groups -OCH3 is 1. The zero-order chi connectivity index (χ0) is 31.0. The second-order valence-electron chi connectivity index (χ2n) is 10.3. The van der Waals surface area contributed by atoms with Crippen molar-refractivity contribution >= 4 is 39.1 Å². The highest BCUT2D eigenvalue weighted by molar-refractivity contribution is 7.92. The van der Waals surface area contributed by atoms with E-state index in [1.165, 1.54) is 29.2 Å². The minimum Gasteiger partial charge on any atom is -0.497 e. The molecule has 0 bridgehead atoms. The number of carbonyl (C=O) groups excluding carboxylic acids is 2. The van der Waals surface area contributed by atoms with Crippen LogP contribution in [-0.2, 0) is 26.2 Å². The highest BCUT2D eigenvalue weighted by Gasteiger charge is 2.34. The van der Waals surface area contributed by atoms with E-state index in [0.29, 0.717) is 22.9 Å². The summed E-state index contributed by atoms with van der Waals surface area (Å²) >= 11 is 6.03. The number of benzene rings is 3. The monoisotopic (exact) mass is 613 g/mol. The van der Waals surface area contributed by atoms with Gasteiger partial charge in [-0.2, -0.15) is 0 Å².